The molecule has 24 heavy (non-hydrogen) atoms. The summed E-state index contributed by atoms with van der Waals surface area (Å²) in [6.45, 7) is 1.90. The number of hydrogen-bond donors (Lipinski definition) is 0. The number of rotatable bonds is 4. The first-order valence-corrected chi connectivity index (χ1v) is 8.64. The highest BCUT2D eigenvalue weighted by molar-refractivity contribution is 8.00. The first kappa shape index (κ1) is 16.5. The fraction of sp³-hybridized carbons (Fsp3) is 0.211. The molecule has 0 saturated carbocycles. The van der Waals surface area contributed by atoms with Crippen LogP contribution >= 0.6 is 11.8 Å². The van der Waals surface area contributed by atoms with Gasteiger partial charge in [-0.2, -0.15) is 0 Å². The van der Waals surface area contributed by atoms with Crippen LogP contribution in [-0.2, 0) is 4.79 Å². The average molecular weight is 337 g/mol. The van der Waals surface area contributed by atoms with Crippen molar-refractivity contribution >= 4 is 28.4 Å². The van der Waals surface area contributed by atoms with Gasteiger partial charge in [-0.3, -0.25) is 4.79 Å². The molecular formula is C19H19N3OS. The number of nitrogens with zero attached hydrogens (tertiary/aromatic N) is 3. The Hall–Kier alpha value is -2.40. The fourth-order valence-electron chi connectivity index (χ4n) is 2.56. The van der Waals surface area contributed by atoms with E-state index < -0.39 is 0 Å². The van der Waals surface area contributed by atoms with Crippen molar-refractivity contribution in [3.05, 3.63) is 54.6 Å². The fourth-order valence-corrected chi connectivity index (χ4v) is 3.60. The van der Waals surface area contributed by atoms with Crippen LogP contribution < -0.4 is 0 Å². The predicted molar refractivity (Wildman–Crippen MR) is 99.0 cm³/mol. The summed E-state index contributed by atoms with van der Waals surface area (Å²) in [5.41, 5.74) is 1.90. The lowest BCUT2D eigenvalue weighted by Gasteiger charge is -2.16. The lowest BCUT2D eigenvalue weighted by molar-refractivity contribution is -0.127. The molecule has 0 unspecified atom stereocenters. The van der Waals surface area contributed by atoms with Gasteiger partial charge in [0.25, 0.3) is 0 Å². The van der Waals surface area contributed by atoms with Crippen molar-refractivity contribution in [1.29, 1.82) is 0 Å². The van der Waals surface area contributed by atoms with Gasteiger partial charge in [0, 0.05) is 30.4 Å². The number of benzene rings is 2. The van der Waals surface area contributed by atoms with Crippen molar-refractivity contribution in [2.75, 3.05) is 14.1 Å². The second kappa shape index (κ2) is 7.01. The molecule has 1 amide bonds. The minimum atomic E-state index is -0.208. The molecule has 1 atom stereocenters. The molecule has 0 aliphatic heterocycles. The molecular weight excluding hydrogens is 318 g/mol. The van der Waals surface area contributed by atoms with Crippen LogP contribution in [0.3, 0.4) is 0 Å². The molecule has 0 aliphatic carbocycles. The van der Waals surface area contributed by atoms with Crippen LogP contribution in [0.2, 0.25) is 0 Å². The van der Waals surface area contributed by atoms with Crippen LogP contribution in [0.15, 0.2) is 59.6 Å². The Bertz CT molecular complexity index is 865. The van der Waals surface area contributed by atoms with Gasteiger partial charge in [-0.05, 0) is 6.92 Å². The molecule has 122 valence electrons. The van der Waals surface area contributed by atoms with E-state index in [1.165, 1.54) is 11.8 Å². The Morgan fingerprint density at radius 1 is 0.958 bits per heavy atom. The third-order valence-electron chi connectivity index (χ3n) is 3.78. The maximum Gasteiger partial charge on any atom is 0.235 e. The van der Waals surface area contributed by atoms with E-state index in [0.717, 1.165) is 27.1 Å². The quantitative estimate of drug-likeness (QED) is 0.678. The van der Waals surface area contributed by atoms with E-state index in [-0.39, 0.29) is 11.2 Å². The number of fused-ring (bicyclic) bond motifs is 1. The van der Waals surface area contributed by atoms with Gasteiger partial charge in [0.2, 0.25) is 5.91 Å². The molecule has 0 saturated heterocycles. The highest BCUT2D eigenvalue weighted by Gasteiger charge is 2.19. The molecule has 0 spiro atoms. The molecule has 1 aromatic heterocycles. The van der Waals surface area contributed by atoms with Crippen LogP contribution in [0.1, 0.15) is 6.92 Å². The summed E-state index contributed by atoms with van der Waals surface area (Å²) in [5.74, 6) is 0.0676. The Morgan fingerprint density at radius 2 is 1.58 bits per heavy atom. The van der Waals surface area contributed by atoms with Crippen LogP contribution in [0.25, 0.3) is 22.0 Å². The summed E-state index contributed by atoms with van der Waals surface area (Å²) in [4.78, 5) is 13.7. The number of aromatic nitrogens is 2. The van der Waals surface area contributed by atoms with Gasteiger partial charge in [-0.1, -0.05) is 66.4 Å². The van der Waals surface area contributed by atoms with E-state index >= 15 is 0 Å². The number of thioether (sulfide) groups is 1. The monoisotopic (exact) mass is 337 g/mol. The number of hydrogen-bond acceptors (Lipinski definition) is 4. The summed E-state index contributed by atoms with van der Waals surface area (Å²) >= 11 is 1.45. The molecule has 3 aromatic rings. The third kappa shape index (κ3) is 3.26. The van der Waals surface area contributed by atoms with Crippen LogP contribution in [0.4, 0.5) is 0 Å². The van der Waals surface area contributed by atoms with E-state index in [0.29, 0.717) is 0 Å². The van der Waals surface area contributed by atoms with Crippen molar-refractivity contribution in [2.45, 2.75) is 17.2 Å². The smallest absolute Gasteiger partial charge is 0.235 e. The van der Waals surface area contributed by atoms with E-state index in [9.17, 15) is 4.79 Å². The Balaban J connectivity index is 2.05. The second-order valence-corrected chi connectivity index (χ2v) is 7.09. The molecule has 0 N–H and O–H groups in total. The first-order chi connectivity index (χ1) is 11.6. The summed E-state index contributed by atoms with van der Waals surface area (Å²) < 4.78 is 0. The third-order valence-corrected chi connectivity index (χ3v) is 4.86. The van der Waals surface area contributed by atoms with Gasteiger partial charge < -0.3 is 4.90 Å². The van der Waals surface area contributed by atoms with Gasteiger partial charge in [0.15, 0.2) is 0 Å². The lowest BCUT2D eigenvalue weighted by atomic mass is 10.1. The molecule has 0 aliphatic rings. The van der Waals surface area contributed by atoms with Crippen molar-refractivity contribution in [1.82, 2.24) is 15.1 Å². The zero-order chi connectivity index (χ0) is 17.1. The van der Waals surface area contributed by atoms with Crippen molar-refractivity contribution in [3.63, 3.8) is 0 Å². The molecule has 1 heterocycles. The molecule has 0 fully saturated rings. The van der Waals surface area contributed by atoms with E-state index in [1.54, 1.807) is 19.0 Å². The van der Waals surface area contributed by atoms with Crippen molar-refractivity contribution < 1.29 is 4.79 Å². The second-order valence-electron chi connectivity index (χ2n) is 5.76. The summed E-state index contributed by atoms with van der Waals surface area (Å²) in [5, 5.41) is 11.5. The standard InChI is InChI=1S/C19H19N3OS/c1-13(19(23)22(2)3)24-18-16-12-8-7-11-15(16)17(20-21-18)14-9-5-4-6-10-14/h4-13H,1-3H3/t13-/m1/s1. The number of carbonyl (C=O) groups is 1. The van der Waals surface area contributed by atoms with Crippen molar-refractivity contribution in [3.8, 4) is 11.3 Å². The molecule has 5 heteroatoms. The zero-order valence-corrected chi connectivity index (χ0v) is 14.7. The van der Waals surface area contributed by atoms with Crippen LogP contribution in [0, 0.1) is 0 Å². The minimum absolute atomic E-state index is 0.0676. The normalized spacial score (nSPS) is 12.1. The van der Waals surface area contributed by atoms with E-state index in [2.05, 4.69) is 16.3 Å². The van der Waals surface area contributed by atoms with Crippen LogP contribution in [0.5, 0.6) is 0 Å². The van der Waals surface area contributed by atoms with Gasteiger partial charge in [0.05, 0.1) is 5.25 Å². The van der Waals surface area contributed by atoms with Gasteiger partial charge in [-0.15, -0.1) is 10.2 Å². The Labute approximate surface area is 145 Å². The molecule has 0 radical (unpaired) electrons. The summed E-state index contributed by atoms with van der Waals surface area (Å²) in [7, 11) is 3.53. The highest BCUT2D eigenvalue weighted by Crippen LogP contribution is 2.33. The number of carbonyl (C=O) groups excluding carboxylic acids is 1. The average Bonchev–Trinajstić information content (AvgIpc) is 2.62. The van der Waals surface area contributed by atoms with Crippen LogP contribution in [-0.4, -0.2) is 40.3 Å². The summed E-state index contributed by atoms with van der Waals surface area (Å²) in [6, 6.07) is 18.1. The maximum absolute atomic E-state index is 12.1. The lowest BCUT2D eigenvalue weighted by Crippen LogP contribution is -2.29. The molecule has 2 aromatic carbocycles. The SMILES string of the molecule is C[C@@H](Sc1nnc(-c2ccccc2)c2ccccc12)C(=O)N(C)C. The predicted octanol–water partition coefficient (Wildman–Crippen LogP) is 3.87. The largest absolute Gasteiger partial charge is 0.348 e. The Kier molecular flexibility index (Phi) is 4.81. The van der Waals surface area contributed by atoms with E-state index in [4.69, 9.17) is 0 Å². The van der Waals surface area contributed by atoms with Gasteiger partial charge in [0.1, 0.15) is 10.7 Å². The van der Waals surface area contributed by atoms with Crippen molar-refractivity contribution in [2.24, 2.45) is 0 Å². The topological polar surface area (TPSA) is 46.1 Å². The zero-order valence-electron chi connectivity index (χ0n) is 13.9. The first-order valence-electron chi connectivity index (χ1n) is 7.76. The molecule has 4 nitrogen and oxygen atoms in total. The van der Waals surface area contributed by atoms with E-state index in [1.807, 2.05) is 55.5 Å². The maximum atomic E-state index is 12.1. The molecule has 3 rings (SSSR count). The number of amides is 1. The summed E-state index contributed by atoms with van der Waals surface area (Å²) in [6.07, 6.45) is 0. The highest BCUT2D eigenvalue weighted by atomic mass is 32.2. The molecule has 0 bridgehead atoms. The Morgan fingerprint density at radius 3 is 2.25 bits per heavy atom. The minimum Gasteiger partial charge on any atom is -0.348 e. The van der Waals surface area contributed by atoms with Gasteiger partial charge in [-0.25, -0.2) is 0 Å². The van der Waals surface area contributed by atoms with Gasteiger partial charge >= 0.3 is 0 Å².